The molecular weight excluding hydrogens is 520 g/mol. The summed E-state index contributed by atoms with van der Waals surface area (Å²) in [5.41, 5.74) is 2.25. The zero-order chi connectivity index (χ0) is 30.1. The summed E-state index contributed by atoms with van der Waals surface area (Å²) in [6.07, 6.45) is 0. The van der Waals surface area contributed by atoms with E-state index in [1.54, 1.807) is 28.4 Å². The van der Waals surface area contributed by atoms with E-state index >= 15 is 0 Å². The minimum atomic E-state index is -1.82. The SMILES string of the molecule is COc1ccc(CNCC(c2ccc(OC)c(OC)c2)N(C)C)c(OC)c1.O=C(O)C(=O)O.O=C(O)C(=O)O. The lowest BCUT2D eigenvalue weighted by Gasteiger charge is -2.26. The lowest BCUT2D eigenvalue weighted by Crippen LogP contribution is -2.31. The third kappa shape index (κ3) is 12.5. The lowest BCUT2D eigenvalue weighted by atomic mass is 10.0. The molecule has 0 aliphatic heterocycles. The number of rotatable bonds is 10. The average molecular weight is 555 g/mol. The Morgan fingerprint density at radius 1 is 0.718 bits per heavy atom. The molecule has 0 saturated carbocycles. The van der Waals surface area contributed by atoms with Crippen LogP contribution in [0.4, 0.5) is 0 Å². The van der Waals surface area contributed by atoms with Crippen molar-refractivity contribution >= 4 is 23.9 Å². The Hall–Kier alpha value is -4.56. The van der Waals surface area contributed by atoms with Crippen molar-refractivity contribution < 1.29 is 58.6 Å². The van der Waals surface area contributed by atoms with Crippen LogP contribution in [0.2, 0.25) is 0 Å². The van der Waals surface area contributed by atoms with Gasteiger partial charge in [0.05, 0.1) is 28.4 Å². The van der Waals surface area contributed by atoms with E-state index in [0.29, 0.717) is 6.54 Å². The van der Waals surface area contributed by atoms with E-state index in [-0.39, 0.29) is 6.04 Å². The number of aliphatic carboxylic acids is 4. The maximum absolute atomic E-state index is 9.10. The van der Waals surface area contributed by atoms with Gasteiger partial charge in [-0.05, 0) is 37.9 Å². The van der Waals surface area contributed by atoms with Gasteiger partial charge in [0.2, 0.25) is 0 Å². The number of hydrogen-bond donors (Lipinski definition) is 5. The molecule has 0 fully saturated rings. The van der Waals surface area contributed by atoms with E-state index in [2.05, 4.69) is 30.4 Å². The molecule has 14 nitrogen and oxygen atoms in total. The Labute approximate surface area is 225 Å². The molecule has 5 N–H and O–H groups in total. The Balaban J connectivity index is 0.00000100. The quantitative estimate of drug-likeness (QED) is 0.264. The average Bonchev–Trinajstić information content (AvgIpc) is 2.91. The first kappa shape index (κ1) is 34.4. The van der Waals surface area contributed by atoms with Gasteiger partial charge < -0.3 is 49.6 Å². The molecule has 0 heterocycles. The summed E-state index contributed by atoms with van der Waals surface area (Å²) < 4.78 is 21.5. The van der Waals surface area contributed by atoms with E-state index in [0.717, 1.165) is 40.7 Å². The van der Waals surface area contributed by atoms with Crippen molar-refractivity contribution in [2.75, 3.05) is 49.1 Å². The zero-order valence-electron chi connectivity index (χ0n) is 22.5. The predicted octanol–water partition coefficient (Wildman–Crippen LogP) is 1.42. The first-order chi connectivity index (χ1) is 18.3. The maximum atomic E-state index is 9.10. The molecule has 2 aromatic carbocycles. The smallest absolute Gasteiger partial charge is 0.414 e. The summed E-state index contributed by atoms with van der Waals surface area (Å²) in [5.74, 6) is -4.23. The minimum absolute atomic E-state index is 0.189. The van der Waals surface area contributed by atoms with Gasteiger partial charge in [-0.15, -0.1) is 0 Å². The summed E-state index contributed by atoms with van der Waals surface area (Å²) in [5, 5.41) is 33.1. The molecule has 0 bridgehead atoms. The van der Waals surface area contributed by atoms with E-state index in [1.165, 1.54) is 0 Å². The van der Waals surface area contributed by atoms with Gasteiger partial charge in [0.15, 0.2) is 11.5 Å². The third-order valence-electron chi connectivity index (χ3n) is 4.93. The highest BCUT2D eigenvalue weighted by molar-refractivity contribution is 6.27. The van der Waals surface area contributed by atoms with Gasteiger partial charge in [-0.1, -0.05) is 12.1 Å². The molecule has 1 unspecified atom stereocenters. The summed E-state index contributed by atoms with van der Waals surface area (Å²) in [6.45, 7) is 1.47. The normalized spacial score (nSPS) is 10.5. The lowest BCUT2D eigenvalue weighted by molar-refractivity contribution is -0.159. The second-order valence-corrected chi connectivity index (χ2v) is 7.62. The highest BCUT2D eigenvalue weighted by Crippen LogP contribution is 2.31. The molecule has 0 aliphatic carbocycles. The molecule has 0 aliphatic rings. The Bertz CT molecular complexity index is 1060. The van der Waals surface area contributed by atoms with Gasteiger partial charge in [0.1, 0.15) is 11.5 Å². The fourth-order valence-corrected chi connectivity index (χ4v) is 3.00. The van der Waals surface area contributed by atoms with Crippen LogP contribution in [-0.4, -0.2) is 98.3 Å². The molecule has 39 heavy (non-hydrogen) atoms. The first-order valence-corrected chi connectivity index (χ1v) is 11.0. The topological polar surface area (TPSA) is 201 Å². The zero-order valence-corrected chi connectivity index (χ0v) is 22.5. The van der Waals surface area contributed by atoms with Crippen molar-refractivity contribution in [1.29, 1.82) is 0 Å². The molecule has 0 amide bonds. The van der Waals surface area contributed by atoms with Crippen LogP contribution in [0.25, 0.3) is 0 Å². The van der Waals surface area contributed by atoms with Gasteiger partial charge in [-0.25, -0.2) is 19.2 Å². The van der Waals surface area contributed by atoms with Crippen LogP contribution in [0.15, 0.2) is 36.4 Å². The van der Waals surface area contributed by atoms with E-state index in [9.17, 15) is 0 Å². The van der Waals surface area contributed by atoms with Crippen molar-refractivity contribution in [3.8, 4) is 23.0 Å². The largest absolute Gasteiger partial charge is 0.497 e. The second-order valence-electron chi connectivity index (χ2n) is 7.62. The third-order valence-corrected chi connectivity index (χ3v) is 4.93. The molecule has 216 valence electrons. The summed E-state index contributed by atoms with van der Waals surface area (Å²) >= 11 is 0. The molecule has 14 heteroatoms. The Morgan fingerprint density at radius 3 is 1.64 bits per heavy atom. The molecule has 0 radical (unpaired) electrons. The molecule has 0 saturated heterocycles. The van der Waals surface area contributed by atoms with Crippen LogP contribution >= 0.6 is 0 Å². The van der Waals surface area contributed by atoms with Crippen molar-refractivity contribution in [3.05, 3.63) is 47.5 Å². The number of nitrogens with zero attached hydrogens (tertiary/aromatic N) is 1. The van der Waals surface area contributed by atoms with Crippen molar-refractivity contribution in [1.82, 2.24) is 10.2 Å². The highest BCUT2D eigenvalue weighted by Gasteiger charge is 2.17. The van der Waals surface area contributed by atoms with Crippen LogP contribution in [0.5, 0.6) is 23.0 Å². The molecule has 0 spiro atoms. The number of nitrogens with one attached hydrogen (secondary N) is 1. The number of carbonyl (C=O) groups is 4. The number of benzene rings is 2. The van der Waals surface area contributed by atoms with Gasteiger partial charge in [0.25, 0.3) is 0 Å². The van der Waals surface area contributed by atoms with Crippen LogP contribution in [0.3, 0.4) is 0 Å². The summed E-state index contributed by atoms with van der Waals surface area (Å²) in [6, 6.07) is 12.1. The molecule has 1 atom stereocenters. The molecular formula is C25H34N2O12. The van der Waals surface area contributed by atoms with Crippen molar-refractivity contribution in [2.24, 2.45) is 0 Å². The number of likely N-dealkylation sites (N-methyl/N-ethyl adjacent to an activating group) is 1. The first-order valence-electron chi connectivity index (χ1n) is 11.0. The minimum Gasteiger partial charge on any atom is -0.497 e. The standard InChI is InChI=1S/C21H30N2O4.2C2H2O4/c1-23(2)18(15-8-10-19(25-4)21(11-15)27-6)14-22-13-16-7-9-17(24-3)12-20(16)26-5;2*3-1(4)2(5)6/h7-12,18,22H,13-14H2,1-6H3;2*(H,3,4)(H,5,6). The molecule has 2 aromatic rings. The molecule has 0 aromatic heterocycles. The van der Waals surface area contributed by atoms with Crippen molar-refractivity contribution in [2.45, 2.75) is 12.6 Å². The van der Waals surface area contributed by atoms with E-state index in [4.69, 9.17) is 58.6 Å². The van der Waals surface area contributed by atoms with E-state index < -0.39 is 23.9 Å². The fraction of sp³-hybridized carbons (Fsp3) is 0.360. The van der Waals surface area contributed by atoms with Crippen LogP contribution in [0.1, 0.15) is 17.2 Å². The van der Waals surface area contributed by atoms with Crippen LogP contribution in [-0.2, 0) is 25.7 Å². The van der Waals surface area contributed by atoms with Gasteiger partial charge in [0, 0.05) is 30.8 Å². The number of carboxylic acid groups (broad SMARTS) is 4. The fourth-order valence-electron chi connectivity index (χ4n) is 3.00. The van der Waals surface area contributed by atoms with Gasteiger partial charge in [-0.3, -0.25) is 0 Å². The predicted molar refractivity (Wildman–Crippen MR) is 138 cm³/mol. The molecule has 2 rings (SSSR count). The number of carboxylic acids is 4. The van der Waals surface area contributed by atoms with Gasteiger partial charge in [-0.2, -0.15) is 0 Å². The van der Waals surface area contributed by atoms with Crippen LogP contribution in [0, 0.1) is 0 Å². The van der Waals surface area contributed by atoms with Crippen LogP contribution < -0.4 is 24.3 Å². The highest BCUT2D eigenvalue weighted by atomic mass is 16.5. The van der Waals surface area contributed by atoms with Gasteiger partial charge >= 0.3 is 23.9 Å². The number of hydrogen-bond acceptors (Lipinski definition) is 10. The monoisotopic (exact) mass is 554 g/mol. The van der Waals surface area contributed by atoms with Crippen molar-refractivity contribution in [3.63, 3.8) is 0 Å². The Kier molecular flexibility index (Phi) is 15.7. The Morgan fingerprint density at radius 2 is 1.23 bits per heavy atom. The van der Waals surface area contributed by atoms with E-state index in [1.807, 2.05) is 30.3 Å². The number of methoxy groups -OCH3 is 4. The summed E-state index contributed by atoms with van der Waals surface area (Å²) in [7, 11) is 10.8. The number of ether oxygens (including phenoxy) is 4. The maximum Gasteiger partial charge on any atom is 0.414 e. The summed E-state index contributed by atoms with van der Waals surface area (Å²) in [4.78, 5) is 38.6. The second kappa shape index (κ2) is 17.8.